The molecule has 1 aromatic heterocycles. The summed E-state index contributed by atoms with van der Waals surface area (Å²) in [5.74, 6) is 0.644. The molecule has 2 aromatic rings. The molecule has 110 valence electrons. The van der Waals surface area contributed by atoms with E-state index < -0.39 is 0 Å². The predicted octanol–water partition coefficient (Wildman–Crippen LogP) is 3.26. The van der Waals surface area contributed by atoms with Gasteiger partial charge in [-0.1, -0.05) is 24.3 Å². The Kier molecular flexibility index (Phi) is 3.69. The monoisotopic (exact) mass is 283 g/mol. The molecule has 1 aliphatic carbocycles. The van der Waals surface area contributed by atoms with E-state index in [2.05, 4.69) is 39.5 Å². The van der Waals surface area contributed by atoms with E-state index in [4.69, 9.17) is 4.74 Å². The van der Waals surface area contributed by atoms with Gasteiger partial charge in [0.15, 0.2) is 0 Å². The summed E-state index contributed by atoms with van der Waals surface area (Å²) in [5, 5.41) is 3.64. The third-order valence-corrected chi connectivity index (χ3v) is 4.02. The minimum atomic E-state index is 0.318. The van der Waals surface area contributed by atoms with Crippen LogP contribution in [0.2, 0.25) is 0 Å². The Morgan fingerprint density at radius 1 is 1.24 bits per heavy atom. The van der Waals surface area contributed by atoms with Crippen molar-refractivity contribution in [3.8, 4) is 5.88 Å². The number of benzene rings is 1. The molecule has 1 aromatic carbocycles. The fraction of sp³-hybridized carbons (Fsp3) is 0.353. The molecule has 0 aliphatic heterocycles. The molecule has 0 saturated carbocycles. The van der Waals surface area contributed by atoms with Gasteiger partial charge in [0.05, 0.1) is 18.8 Å². The second-order valence-electron chi connectivity index (χ2n) is 5.54. The van der Waals surface area contributed by atoms with Crippen molar-refractivity contribution in [3.63, 3.8) is 0 Å². The Morgan fingerprint density at radius 3 is 2.81 bits per heavy atom. The molecule has 0 fully saturated rings. The van der Waals surface area contributed by atoms with Crippen LogP contribution in [0.15, 0.2) is 36.5 Å². The predicted molar refractivity (Wildman–Crippen MR) is 86.2 cm³/mol. The first-order valence-corrected chi connectivity index (χ1v) is 7.25. The number of pyridine rings is 1. The number of hydrogen-bond donors (Lipinski definition) is 1. The molecule has 0 spiro atoms. The highest BCUT2D eigenvalue weighted by Gasteiger charge is 2.24. The average molecular weight is 283 g/mol. The van der Waals surface area contributed by atoms with E-state index in [1.54, 1.807) is 13.3 Å². The second-order valence-corrected chi connectivity index (χ2v) is 5.54. The number of methoxy groups -OCH3 is 1. The number of fused-ring (bicyclic) bond motifs is 1. The van der Waals surface area contributed by atoms with E-state index in [0.717, 1.165) is 24.2 Å². The van der Waals surface area contributed by atoms with Crippen LogP contribution in [0.3, 0.4) is 0 Å². The topological polar surface area (TPSA) is 37.4 Å². The maximum absolute atomic E-state index is 5.43. The normalized spacial score (nSPS) is 16.4. The summed E-state index contributed by atoms with van der Waals surface area (Å²) in [5.41, 5.74) is 4.87. The number of ether oxygens (including phenoxy) is 1. The van der Waals surface area contributed by atoms with Crippen molar-refractivity contribution in [2.24, 2.45) is 0 Å². The van der Waals surface area contributed by atoms with Gasteiger partial charge in [-0.3, -0.25) is 0 Å². The van der Waals surface area contributed by atoms with Gasteiger partial charge in [-0.25, -0.2) is 4.98 Å². The first-order valence-electron chi connectivity index (χ1n) is 7.25. The van der Waals surface area contributed by atoms with Crippen LogP contribution in [-0.2, 0) is 6.42 Å². The summed E-state index contributed by atoms with van der Waals surface area (Å²) in [6, 6.07) is 11.0. The van der Waals surface area contributed by atoms with Crippen LogP contribution in [0.5, 0.6) is 5.88 Å². The van der Waals surface area contributed by atoms with E-state index in [1.807, 2.05) is 20.2 Å². The zero-order chi connectivity index (χ0) is 14.8. The lowest BCUT2D eigenvalue weighted by Gasteiger charge is -2.23. The second kappa shape index (κ2) is 5.64. The molecule has 21 heavy (non-hydrogen) atoms. The number of aromatic nitrogens is 1. The van der Waals surface area contributed by atoms with Gasteiger partial charge in [0.1, 0.15) is 5.69 Å². The number of anilines is 2. The van der Waals surface area contributed by atoms with Crippen molar-refractivity contribution in [2.75, 3.05) is 31.4 Å². The zero-order valence-electron chi connectivity index (χ0n) is 12.8. The van der Waals surface area contributed by atoms with Crippen LogP contribution in [0.4, 0.5) is 11.4 Å². The van der Waals surface area contributed by atoms with Gasteiger partial charge in [-0.05, 0) is 30.0 Å². The van der Waals surface area contributed by atoms with Gasteiger partial charge in [0.25, 0.3) is 0 Å². The minimum Gasteiger partial charge on any atom is -0.479 e. The summed E-state index contributed by atoms with van der Waals surface area (Å²) in [6.07, 6.45) is 4.00. The quantitative estimate of drug-likeness (QED) is 0.934. The summed E-state index contributed by atoms with van der Waals surface area (Å²) in [7, 11) is 5.72. The molecule has 3 rings (SSSR count). The van der Waals surface area contributed by atoms with Crippen molar-refractivity contribution in [2.45, 2.75) is 18.9 Å². The third kappa shape index (κ3) is 2.53. The SMILES string of the molecule is COc1nccc(N(C)C)c1NC1CCc2ccccc21. The molecule has 4 nitrogen and oxygen atoms in total. The van der Waals surface area contributed by atoms with E-state index in [1.165, 1.54) is 11.1 Å². The molecule has 1 atom stereocenters. The van der Waals surface area contributed by atoms with Gasteiger partial charge < -0.3 is 15.0 Å². The van der Waals surface area contributed by atoms with Gasteiger partial charge in [0, 0.05) is 20.3 Å². The van der Waals surface area contributed by atoms with Gasteiger partial charge in [0.2, 0.25) is 5.88 Å². The maximum atomic E-state index is 5.43. The smallest absolute Gasteiger partial charge is 0.239 e. The van der Waals surface area contributed by atoms with Gasteiger partial charge >= 0.3 is 0 Å². The fourth-order valence-corrected chi connectivity index (χ4v) is 2.98. The molecule has 0 radical (unpaired) electrons. The Morgan fingerprint density at radius 2 is 2.05 bits per heavy atom. The minimum absolute atomic E-state index is 0.318. The van der Waals surface area contributed by atoms with E-state index in [-0.39, 0.29) is 0 Å². The molecule has 0 amide bonds. The van der Waals surface area contributed by atoms with Crippen LogP contribution < -0.4 is 15.0 Å². The third-order valence-electron chi connectivity index (χ3n) is 4.02. The average Bonchev–Trinajstić information content (AvgIpc) is 2.90. The van der Waals surface area contributed by atoms with Crippen molar-refractivity contribution in [3.05, 3.63) is 47.7 Å². The largest absolute Gasteiger partial charge is 0.479 e. The Balaban J connectivity index is 1.95. The van der Waals surface area contributed by atoms with Gasteiger partial charge in [-0.2, -0.15) is 0 Å². The molecule has 1 heterocycles. The number of nitrogens with zero attached hydrogens (tertiary/aromatic N) is 2. The summed E-state index contributed by atoms with van der Waals surface area (Å²) in [6.45, 7) is 0. The molecule has 0 bridgehead atoms. The van der Waals surface area contributed by atoms with Crippen LogP contribution in [-0.4, -0.2) is 26.2 Å². The summed E-state index contributed by atoms with van der Waals surface area (Å²) in [4.78, 5) is 6.40. The van der Waals surface area contributed by atoms with Crippen LogP contribution >= 0.6 is 0 Å². The van der Waals surface area contributed by atoms with Crippen molar-refractivity contribution in [1.29, 1.82) is 0 Å². The van der Waals surface area contributed by atoms with Crippen LogP contribution in [0.25, 0.3) is 0 Å². The number of hydrogen-bond acceptors (Lipinski definition) is 4. The lowest BCUT2D eigenvalue weighted by molar-refractivity contribution is 0.399. The number of aryl methyl sites for hydroxylation is 1. The molecule has 1 aliphatic rings. The van der Waals surface area contributed by atoms with E-state index in [9.17, 15) is 0 Å². The van der Waals surface area contributed by atoms with Crippen molar-refractivity contribution >= 4 is 11.4 Å². The van der Waals surface area contributed by atoms with E-state index in [0.29, 0.717) is 11.9 Å². The Labute approximate surface area is 125 Å². The van der Waals surface area contributed by atoms with Gasteiger partial charge in [-0.15, -0.1) is 0 Å². The summed E-state index contributed by atoms with van der Waals surface area (Å²) < 4.78 is 5.43. The van der Waals surface area contributed by atoms with Crippen molar-refractivity contribution < 1.29 is 4.74 Å². The highest BCUT2D eigenvalue weighted by molar-refractivity contribution is 5.74. The maximum Gasteiger partial charge on any atom is 0.239 e. The molecule has 1 unspecified atom stereocenters. The standard InChI is InChI=1S/C17H21N3O/c1-20(2)15-10-11-18-17(21-3)16(15)19-14-9-8-12-6-4-5-7-13(12)14/h4-7,10-11,14,19H,8-9H2,1-3H3. The first kappa shape index (κ1) is 13.7. The Bertz CT molecular complexity index is 640. The zero-order valence-corrected chi connectivity index (χ0v) is 12.8. The van der Waals surface area contributed by atoms with Crippen LogP contribution in [0, 0.1) is 0 Å². The molecule has 4 heteroatoms. The highest BCUT2D eigenvalue weighted by atomic mass is 16.5. The van der Waals surface area contributed by atoms with Crippen LogP contribution in [0.1, 0.15) is 23.6 Å². The molecular weight excluding hydrogens is 262 g/mol. The molecule has 1 N–H and O–H groups in total. The highest BCUT2D eigenvalue weighted by Crippen LogP contribution is 2.39. The number of nitrogens with one attached hydrogen (secondary N) is 1. The van der Waals surface area contributed by atoms with E-state index >= 15 is 0 Å². The molecule has 0 saturated heterocycles. The first-order chi connectivity index (χ1) is 10.2. The lowest BCUT2D eigenvalue weighted by atomic mass is 10.1. The van der Waals surface area contributed by atoms with Crippen molar-refractivity contribution in [1.82, 2.24) is 4.98 Å². The summed E-state index contributed by atoms with van der Waals surface area (Å²) >= 11 is 0. The fourth-order valence-electron chi connectivity index (χ4n) is 2.98. The Hall–Kier alpha value is -2.23. The molecular formula is C17H21N3O. The number of rotatable bonds is 4. The lowest BCUT2D eigenvalue weighted by Crippen LogP contribution is -2.15.